The van der Waals surface area contributed by atoms with Gasteiger partial charge >= 0.3 is 5.97 Å². The largest absolute Gasteiger partial charge is 0.494 e. The van der Waals surface area contributed by atoms with Gasteiger partial charge in [-0.3, -0.25) is 0 Å². The third kappa shape index (κ3) is 4.33. The molecular weight excluding hydrogens is 346 g/mol. The maximum atomic E-state index is 12.4. The predicted molar refractivity (Wildman–Crippen MR) is 106 cm³/mol. The molecule has 0 unspecified atom stereocenters. The minimum Gasteiger partial charge on any atom is -0.494 e. The van der Waals surface area contributed by atoms with Crippen molar-refractivity contribution in [3.8, 4) is 5.75 Å². The Morgan fingerprint density at radius 2 is 1.96 bits per heavy atom. The highest BCUT2D eigenvalue weighted by atomic mass is 32.1. The van der Waals surface area contributed by atoms with Gasteiger partial charge in [0.25, 0.3) is 0 Å². The van der Waals surface area contributed by atoms with Gasteiger partial charge in [-0.05, 0) is 74.4 Å². The van der Waals surface area contributed by atoms with E-state index in [-0.39, 0.29) is 5.97 Å². The molecule has 4 nitrogen and oxygen atoms in total. The summed E-state index contributed by atoms with van der Waals surface area (Å²) in [6, 6.07) is 7.85. The Balaban J connectivity index is 1.83. The van der Waals surface area contributed by atoms with E-state index in [0.29, 0.717) is 12.2 Å². The molecule has 2 aromatic rings. The number of fused-ring (bicyclic) bond motifs is 1. The number of thiophene rings is 1. The lowest BCUT2D eigenvalue weighted by Gasteiger charge is -2.11. The third-order valence-corrected chi connectivity index (χ3v) is 5.52. The molecule has 1 aliphatic rings. The smallest absolute Gasteiger partial charge is 0.341 e. The Morgan fingerprint density at radius 3 is 2.69 bits per heavy atom. The molecule has 0 bridgehead atoms. The van der Waals surface area contributed by atoms with E-state index in [9.17, 15) is 4.79 Å². The number of benzene rings is 1. The first-order chi connectivity index (χ1) is 12.7. The monoisotopic (exact) mass is 371 g/mol. The van der Waals surface area contributed by atoms with E-state index >= 15 is 0 Å². The van der Waals surface area contributed by atoms with E-state index < -0.39 is 0 Å². The second-order valence-corrected chi connectivity index (χ2v) is 7.37. The first-order valence-corrected chi connectivity index (χ1v) is 10.1. The average molecular weight is 372 g/mol. The van der Waals surface area contributed by atoms with Crippen molar-refractivity contribution in [3.05, 3.63) is 45.8 Å². The summed E-state index contributed by atoms with van der Waals surface area (Å²) in [5.74, 6) is 0.616. The first-order valence-electron chi connectivity index (χ1n) is 9.31. The molecular formula is C21H25NO3S. The average Bonchev–Trinajstić information content (AvgIpc) is 3.04. The van der Waals surface area contributed by atoms with Gasteiger partial charge in [0, 0.05) is 11.1 Å². The normalized spacial score (nSPS) is 13.6. The van der Waals surface area contributed by atoms with Crippen LogP contribution in [-0.2, 0) is 17.6 Å². The summed E-state index contributed by atoms with van der Waals surface area (Å²) >= 11 is 1.63. The Kier molecular flexibility index (Phi) is 6.45. The fourth-order valence-electron chi connectivity index (χ4n) is 3.06. The van der Waals surface area contributed by atoms with Gasteiger partial charge in [0.1, 0.15) is 10.8 Å². The van der Waals surface area contributed by atoms with Crippen LogP contribution in [0.1, 0.15) is 59.5 Å². The maximum Gasteiger partial charge on any atom is 0.341 e. The lowest BCUT2D eigenvalue weighted by molar-refractivity contribution is 0.0526. The molecule has 1 aromatic heterocycles. The second-order valence-electron chi connectivity index (χ2n) is 6.29. The molecule has 0 fully saturated rings. The van der Waals surface area contributed by atoms with Gasteiger partial charge in [0.2, 0.25) is 0 Å². The van der Waals surface area contributed by atoms with Crippen LogP contribution in [0.3, 0.4) is 0 Å². The minimum absolute atomic E-state index is 0.248. The summed E-state index contributed by atoms with van der Waals surface area (Å²) in [4.78, 5) is 18.4. The summed E-state index contributed by atoms with van der Waals surface area (Å²) in [6.07, 6.45) is 7.08. The zero-order valence-corrected chi connectivity index (χ0v) is 16.2. The molecule has 0 atom stereocenters. The molecule has 3 rings (SSSR count). The summed E-state index contributed by atoms with van der Waals surface area (Å²) in [5.41, 5.74) is 2.80. The van der Waals surface area contributed by atoms with E-state index in [1.54, 1.807) is 11.3 Å². The Morgan fingerprint density at radius 1 is 1.19 bits per heavy atom. The third-order valence-electron chi connectivity index (χ3n) is 4.32. The van der Waals surface area contributed by atoms with Crippen LogP contribution in [0.5, 0.6) is 5.75 Å². The number of nitrogens with zero attached hydrogens (tertiary/aromatic N) is 1. The summed E-state index contributed by atoms with van der Waals surface area (Å²) in [7, 11) is 0. The number of ether oxygens (including phenoxy) is 2. The number of rotatable bonds is 7. The number of carbonyl (C=O) groups is 1. The van der Waals surface area contributed by atoms with Crippen molar-refractivity contribution in [1.82, 2.24) is 0 Å². The Bertz CT molecular complexity index is 777. The number of aryl methyl sites for hydroxylation is 1. The number of hydrogen-bond acceptors (Lipinski definition) is 5. The van der Waals surface area contributed by atoms with Gasteiger partial charge in [-0.2, -0.15) is 0 Å². The molecule has 1 aliphatic carbocycles. The van der Waals surface area contributed by atoms with Gasteiger partial charge < -0.3 is 9.47 Å². The van der Waals surface area contributed by atoms with Crippen molar-refractivity contribution in [3.63, 3.8) is 0 Å². The molecule has 0 saturated heterocycles. The van der Waals surface area contributed by atoms with Crippen LogP contribution in [-0.4, -0.2) is 25.4 Å². The van der Waals surface area contributed by atoms with Crippen LogP contribution in [0.25, 0.3) is 0 Å². The molecule has 0 N–H and O–H groups in total. The maximum absolute atomic E-state index is 12.4. The molecule has 0 saturated carbocycles. The Hall–Kier alpha value is -2.14. The molecule has 0 aliphatic heterocycles. The fraction of sp³-hybridized carbons (Fsp3) is 0.429. The van der Waals surface area contributed by atoms with Crippen LogP contribution in [0.4, 0.5) is 5.00 Å². The molecule has 138 valence electrons. The summed E-state index contributed by atoms with van der Waals surface area (Å²) in [6.45, 7) is 5.02. The van der Waals surface area contributed by atoms with Gasteiger partial charge in [0.05, 0.1) is 18.8 Å². The molecule has 0 spiro atoms. The summed E-state index contributed by atoms with van der Waals surface area (Å²) < 4.78 is 10.9. The number of hydrogen-bond donors (Lipinski definition) is 0. The fourth-order valence-corrected chi connectivity index (χ4v) is 4.28. The van der Waals surface area contributed by atoms with Gasteiger partial charge in [-0.15, -0.1) is 11.3 Å². The topological polar surface area (TPSA) is 47.9 Å². The number of esters is 1. The number of carbonyl (C=O) groups excluding carboxylic acids is 1. The molecule has 5 heteroatoms. The van der Waals surface area contributed by atoms with Gasteiger partial charge in [-0.1, -0.05) is 6.92 Å². The van der Waals surface area contributed by atoms with E-state index in [4.69, 9.17) is 9.47 Å². The predicted octanol–water partition coefficient (Wildman–Crippen LogP) is 5.34. The van der Waals surface area contributed by atoms with E-state index in [1.807, 2.05) is 37.4 Å². The second kappa shape index (κ2) is 8.99. The molecule has 0 radical (unpaired) electrons. The zero-order valence-electron chi connectivity index (χ0n) is 15.4. The highest BCUT2D eigenvalue weighted by molar-refractivity contribution is 7.16. The van der Waals surface area contributed by atoms with Crippen LogP contribution < -0.4 is 4.74 Å². The first kappa shape index (κ1) is 18.6. The van der Waals surface area contributed by atoms with E-state index in [0.717, 1.165) is 54.2 Å². The SMILES string of the molecule is CCCOc1ccc(C=Nc2sc3c(c2C(=O)OCC)CCCC3)cc1. The van der Waals surface area contributed by atoms with Crippen molar-refractivity contribution in [1.29, 1.82) is 0 Å². The van der Waals surface area contributed by atoms with Crippen molar-refractivity contribution in [2.45, 2.75) is 46.0 Å². The lowest BCUT2D eigenvalue weighted by Crippen LogP contribution is -2.09. The van der Waals surface area contributed by atoms with E-state index in [1.165, 1.54) is 11.3 Å². The van der Waals surface area contributed by atoms with Crippen LogP contribution >= 0.6 is 11.3 Å². The molecule has 1 heterocycles. The molecule has 26 heavy (non-hydrogen) atoms. The quantitative estimate of drug-likeness (QED) is 0.487. The molecule has 1 aromatic carbocycles. The van der Waals surface area contributed by atoms with Gasteiger partial charge in [-0.25, -0.2) is 9.79 Å². The van der Waals surface area contributed by atoms with Crippen molar-refractivity contribution in [2.24, 2.45) is 4.99 Å². The highest BCUT2D eigenvalue weighted by Gasteiger charge is 2.25. The van der Waals surface area contributed by atoms with Crippen LogP contribution in [0, 0.1) is 0 Å². The van der Waals surface area contributed by atoms with Gasteiger partial charge in [0.15, 0.2) is 0 Å². The standard InChI is InChI=1S/C21H25NO3S/c1-3-13-25-16-11-9-15(10-12-16)14-22-20-19(21(23)24-4-2)17-7-5-6-8-18(17)26-20/h9-12,14H,3-8,13H2,1-2H3. The Labute approximate surface area is 158 Å². The minimum atomic E-state index is -0.248. The van der Waals surface area contributed by atoms with Crippen LogP contribution in [0.15, 0.2) is 29.3 Å². The van der Waals surface area contributed by atoms with Crippen molar-refractivity contribution >= 4 is 28.5 Å². The highest BCUT2D eigenvalue weighted by Crippen LogP contribution is 2.40. The van der Waals surface area contributed by atoms with Crippen molar-refractivity contribution < 1.29 is 14.3 Å². The zero-order chi connectivity index (χ0) is 18.4. The van der Waals surface area contributed by atoms with Crippen molar-refractivity contribution in [2.75, 3.05) is 13.2 Å². The molecule has 0 amide bonds. The number of aliphatic imine (C=N–C) groups is 1. The van der Waals surface area contributed by atoms with E-state index in [2.05, 4.69) is 11.9 Å². The summed E-state index contributed by atoms with van der Waals surface area (Å²) in [5, 5.41) is 0.765. The van der Waals surface area contributed by atoms with Crippen LogP contribution in [0.2, 0.25) is 0 Å². The lowest BCUT2D eigenvalue weighted by atomic mass is 9.95.